The van der Waals surface area contributed by atoms with Gasteiger partial charge in [-0.1, -0.05) is 50.6 Å². The fourth-order valence-corrected chi connectivity index (χ4v) is 3.69. The zero-order valence-corrected chi connectivity index (χ0v) is 19.6. The zero-order chi connectivity index (χ0) is 24.1. The summed E-state index contributed by atoms with van der Waals surface area (Å²) < 4.78 is 27.7. The Labute approximate surface area is 191 Å². The van der Waals surface area contributed by atoms with Gasteiger partial charge in [-0.3, -0.25) is 30.0 Å². The van der Waals surface area contributed by atoms with Crippen molar-refractivity contribution in [3.05, 3.63) is 59.1 Å². The van der Waals surface area contributed by atoms with Crippen LogP contribution in [0.4, 0.5) is 5.69 Å². The first kappa shape index (κ1) is 25.2. The molecule has 172 valence electrons. The van der Waals surface area contributed by atoms with Crippen LogP contribution in [0.15, 0.2) is 53.4 Å². The molecule has 2 aromatic carbocycles. The number of benzene rings is 2. The largest absolute Gasteiger partial charge is 0.344 e. The quantitative estimate of drug-likeness (QED) is 0.471. The van der Waals surface area contributed by atoms with Crippen LogP contribution < -0.4 is 20.9 Å². The minimum Gasteiger partial charge on any atom is -0.344 e. The molecule has 1 unspecified atom stereocenters. The molecule has 0 radical (unpaired) electrons. The second-order valence-electron chi connectivity index (χ2n) is 8.00. The number of anilines is 1. The highest BCUT2D eigenvalue weighted by Gasteiger charge is 2.25. The summed E-state index contributed by atoms with van der Waals surface area (Å²) >= 11 is 5.99. The van der Waals surface area contributed by atoms with Gasteiger partial charge < -0.3 is 5.32 Å². The summed E-state index contributed by atoms with van der Waals surface area (Å²) in [5, 5.41) is 2.76. The van der Waals surface area contributed by atoms with Gasteiger partial charge in [0.05, 0.1) is 15.6 Å². The molecule has 0 spiro atoms. The third-order valence-electron chi connectivity index (χ3n) is 4.25. The van der Waals surface area contributed by atoms with Crippen LogP contribution in [0.5, 0.6) is 0 Å². The second kappa shape index (κ2) is 10.0. The first-order valence-corrected chi connectivity index (χ1v) is 11.5. The molecule has 0 aliphatic rings. The van der Waals surface area contributed by atoms with Gasteiger partial charge in [0.25, 0.3) is 21.8 Å². The van der Waals surface area contributed by atoms with Crippen LogP contribution in [0.25, 0.3) is 0 Å². The molecule has 32 heavy (non-hydrogen) atoms. The van der Waals surface area contributed by atoms with Crippen molar-refractivity contribution >= 4 is 45.0 Å². The molecule has 3 amide bonds. The van der Waals surface area contributed by atoms with Gasteiger partial charge in [-0.2, -0.15) is 0 Å². The third-order valence-corrected chi connectivity index (χ3v) is 5.94. The lowest BCUT2D eigenvalue weighted by Gasteiger charge is -2.21. The maximum atomic E-state index is 12.7. The van der Waals surface area contributed by atoms with Crippen LogP contribution in [0.3, 0.4) is 0 Å². The average Bonchev–Trinajstić information content (AvgIpc) is 2.72. The Hall–Kier alpha value is -3.11. The van der Waals surface area contributed by atoms with E-state index in [4.69, 9.17) is 11.6 Å². The number of nitrogens with one attached hydrogen (secondary N) is 4. The number of hydrogen-bond donors (Lipinski definition) is 4. The maximum Gasteiger partial charge on any atom is 0.269 e. The average molecular weight is 481 g/mol. The molecule has 0 aliphatic carbocycles. The third kappa shape index (κ3) is 6.69. The van der Waals surface area contributed by atoms with E-state index in [1.165, 1.54) is 37.3 Å². The van der Waals surface area contributed by atoms with E-state index in [1.54, 1.807) is 32.9 Å². The van der Waals surface area contributed by atoms with Gasteiger partial charge in [0.2, 0.25) is 5.91 Å². The van der Waals surface area contributed by atoms with Gasteiger partial charge in [0, 0.05) is 11.0 Å². The molecule has 0 heterocycles. The first-order chi connectivity index (χ1) is 14.8. The number of halogens is 1. The Morgan fingerprint density at radius 1 is 0.969 bits per heavy atom. The minimum absolute atomic E-state index is 0.00119. The van der Waals surface area contributed by atoms with Crippen molar-refractivity contribution in [1.29, 1.82) is 0 Å². The number of hydrogen-bond acceptors (Lipinski definition) is 5. The highest BCUT2D eigenvalue weighted by atomic mass is 35.5. The van der Waals surface area contributed by atoms with E-state index < -0.39 is 33.3 Å². The molecule has 0 aromatic heterocycles. The lowest BCUT2D eigenvalue weighted by molar-refractivity contribution is -0.133. The molecule has 11 heteroatoms. The Balaban J connectivity index is 2.05. The van der Waals surface area contributed by atoms with E-state index in [9.17, 15) is 22.8 Å². The lowest BCUT2D eigenvalue weighted by Crippen LogP contribution is -2.52. The SMILES string of the molecule is CC(NC(=O)C(C)(C)C)C(=O)NNC(=O)c1cccc(S(=O)(=O)Nc2ccccc2Cl)c1. The number of amides is 3. The summed E-state index contributed by atoms with van der Waals surface area (Å²) in [5.74, 6) is -1.70. The molecule has 4 N–H and O–H groups in total. The van der Waals surface area contributed by atoms with E-state index in [1.807, 2.05) is 0 Å². The monoisotopic (exact) mass is 480 g/mol. The molecular formula is C21H25ClN4O5S. The highest BCUT2D eigenvalue weighted by Crippen LogP contribution is 2.24. The summed E-state index contributed by atoms with van der Waals surface area (Å²) in [4.78, 5) is 36.3. The van der Waals surface area contributed by atoms with Crippen molar-refractivity contribution in [2.45, 2.75) is 38.6 Å². The van der Waals surface area contributed by atoms with Gasteiger partial charge in [-0.05, 0) is 37.3 Å². The smallest absolute Gasteiger partial charge is 0.269 e. The molecule has 0 saturated heterocycles. The number of sulfonamides is 1. The number of para-hydroxylation sites is 1. The molecule has 0 aliphatic heterocycles. The van der Waals surface area contributed by atoms with Crippen molar-refractivity contribution in [3.8, 4) is 0 Å². The van der Waals surface area contributed by atoms with E-state index in [-0.39, 0.29) is 27.1 Å². The minimum atomic E-state index is -4.01. The Bertz CT molecular complexity index is 1130. The van der Waals surface area contributed by atoms with Gasteiger partial charge >= 0.3 is 0 Å². The Morgan fingerprint density at radius 2 is 1.62 bits per heavy atom. The fourth-order valence-electron chi connectivity index (χ4n) is 2.33. The predicted molar refractivity (Wildman–Crippen MR) is 121 cm³/mol. The summed E-state index contributed by atoms with van der Waals surface area (Å²) in [6, 6.07) is 10.7. The summed E-state index contributed by atoms with van der Waals surface area (Å²) in [7, 11) is -4.01. The Morgan fingerprint density at radius 3 is 2.25 bits per heavy atom. The molecule has 0 fully saturated rings. The number of carbonyl (C=O) groups excluding carboxylic acids is 3. The van der Waals surface area contributed by atoms with Crippen LogP contribution >= 0.6 is 11.6 Å². The van der Waals surface area contributed by atoms with E-state index in [2.05, 4.69) is 20.9 Å². The van der Waals surface area contributed by atoms with Gasteiger partial charge in [-0.15, -0.1) is 0 Å². The summed E-state index contributed by atoms with van der Waals surface area (Å²) in [5.41, 5.74) is 3.93. The normalized spacial score (nSPS) is 12.4. The molecule has 2 rings (SSSR count). The number of carbonyl (C=O) groups is 3. The van der Waals surface area contributed by atoms with Gasteiger partial charge in [0.15, 0.2) is 0 Å². The van der Waals surface area contributed by atoms with Crippen molar-refractivity contribution < 1.29 is 22.8 Å². The van der Waals surface area contributed by atoms with E-state index >= 15 is 0 Å². The molecule has 0 saturated carbocycles. The molecule has 2 aromatic rings. The number of rotatable bonds is 6. The summed E-state index contributed by atoms with van der Waals surface area (Å²) in [6.45, 7) is 6.59. The van der Waals surface area contributed by atoms with Crippen molar-refractivity contribution in [3.63, 3.8) is 0 Å². The van der Waals surface area contributed by atoms with E-state index in [0.717, 1.165) is 6.07 Å². The zero-order valence-electron chi connectivity index (χ0n) is 18.0. The maximum absolute atomic E-state index is 12.7. The second-order valence-corrected chi connectivity index (χ2v) is 10.1. The van der Waals surface area contributed by atoms with Crippen LogP contribution in [-0.4, -0.2) is 32.2 Å². The van der Waals surface area contributed by atoms with Crippen molar-refractivity contribution in [2.75, 3.05) is 4.72 Å². The van der Waals surface area contributed by atoms with E-state index in [0.29, 0.717) is 0 Å². The van der Waals surface area contributed by atoms with Crippen LogP contribution in [-0.2, 0) is 19.6 Å². The predicted octanol–water partition coefficient (Wildman–Crippen LogP) is 2.45. The molecule has 0 bridgehead atoms. The van der Waals surface area contributed by atoms with Gasteiger partial charge in [-0.25, -0.2) is 8.42 Å². The number of hydrazine groups is 1. The fraction of sp³-hybridized carbons (Fsp3) is 0.286. The molecular weight excluding hydrogens is 456 g/mol. The first-order valence-electron chi connectivity index (χ1n) is 9.60. The highest BCUT2D eigenvalue weighted by molar-refractivity contribution is 7.92. The van der Waals surface area contributed by atoms with Gasteiger partial charge in [0.1, 0.15) is 6.04 Å². The van der Waals surface area contributed by atoms with Crippen LogP contribution in [0.1, 0.15) is 38.1 Å². The van der Waals surface area contributed by atoms with Crippen molar-refractivity contribution in [1.82, 2.24) is 16.2 Å². The van der Waals surface area contributed by atoms with Crippen molar-refractivity contribution in [2.24, 2.45) is 5.41 Å². The lowest BCUT2D eigenvalue weighted by atomic mass is 9.95. The molecule has 1 atom stereocenters. The topological polar surface area (TPSA) is 133 Å². The summed E-state index contributed by atoms with van der Waals surface area (Å²) in [6.07, 6.45) is 0. The van der Waals surface area contributed by atoms with Crippen LogP contribution in [0.2, 0.25) is 5.02 Å². The van der Waals surface area contributed by atoms with Crippen LogP contribution in [0, 0.1) is 5.41 Å². The Kier molecular flexibility index (Phi) is 7.87. The standard InChI is InChI=1S/C21H25ClN4O5S/c1-13(23-20(29)21(2,3)4)18(27)24-25-19(28)14-8-7-9-15(12-14)32(30,31)26-17-11-6-5-10-16(17)22/h5-13,26H,1-4H3,(H,23,29)(H,24,27)(H,25,28). The molecule has 9 nitrogen and oxygen atoms in total.